The first-order valence-corrected chi connectivity index (χ1v) is 7.78. The van der Waals surface area contributed by atoms with Crippen molar-refractivity contribution in [3.05, 3.63) is 53.2 Å². The third-order valence-electron chi connectivity index (χ3n) is 3.16. The minimum Gasteiger partial charge on any atom is -0.385 e. The zero-order chi connectivity index (χ0) is 16.5. The second-order valence-corrected chi connectivity index (χ2v) is 5.49. The van der Waals surface area contributed by atoms with E-state index in [0.29, 0.717) is 10.8 Å². The summed E-state index contributed by atoms with van der Waals surface area (Å²) in [6.07, 6.45) is 2.91. The number of carbonyl (C=O) groups excluding carboxylic acids is 1. The van der Waals surface area contributed by atoms with Crippen LogP contribution in [0.3, 0.4) is 0 Å². The Morgan fingerprint density at radius 2 is 2.00 bits per heavy atom. The molecule has 0 saturated carbocycles. The number of rotatable bonds is 8. The highest BCUT2D eigenvalue weighted by molar-refractivity contribution is 6.30. The average molecular weight is 334 g/mol. The zero-order valence-corrected chi connectivity index (χ0v) is 13.8. The van der Waals surface area contributed by atoms with E-state index in [0.717, 1.165) is 30.8 Å². The summed E-state index contributed by atoms with van der Waals surface area (Å²) in [4.78, 5) is 16.2. The zero-order valence-electron chi connectivity index (χ0n) is 13.0. The lowest BCUT2D eigenvalue weighted by molar-refractivity contribution is -0.115. The Morgan fingerprint density at radius 1 is 1.22 bits per heavy atom. The number of halogens is 1. The summed E-state index contributed by atoms with van der Waals surface area (Å²) in [6, 6.07) is 10.9. The molecule has 0 bridgehead atoms. The molecule has 0 aliphatic heterocycles. The van der Waals surface area contributed by atoms with Crippen LogP contribution >= 0.6 is 11.6 Å². The largest absolute Gasteiger partial charge is 0.385 e. The Kier molecular flexibility index (Phi) is 6.84. The maximum atomic E-state index is 12.0. The summed E-state index contributed by atoms with van der Waals surface area (Å²) in [7, 11) is 1.68. The minimum absolute atomic E-state index is 0.111. The van der Waals surface area contributed by atoms with Crippen molar-refractivity contribution in [1.29, 1.82) is 0 Å². The van der Waals surface area contributed by atoms with E-state index < -0.39 is 0 Å². The van der Waals surface area contributed by atoms with Gasteiger partial charge in [-0.3, -0.25) is 4.79 Å². The molecule has 0 radical (unpaired) electrons. The molecule has 0 unspecified atom stereocenters. The highest BCUT2D eigenvalue weighted by atomic mass is 35.5. The maximum absolute atomic E-state index is 12.0. The molecular weight excluding hydrogens is 314 g/mol. The first-order chi connectivity index (χ1) is 11.2. The van der Waals surface area contributed by atoms with Crippen molar-refractivity contribution in [2.75, 3.05) is 30.9 Å². The molecule has 0 fully saturated rings. The Balaban J connectivity index is 1.80. The monoisotopic (exact) mass is 333 g/mol. The molecule has 23 heavy (non-hydrogen) atoms. The van der Waals surface area contributed by atoms with Crippen LogP contribution in [-0.2, 0) is 16.0 Å². The van der Waals surface area contributed by atoms with Gasteiger partial charge in [0.25, 0.3) is 0 Å². The summed E-state index contributed by atoms with van der Waals surface area (Å²) < 4.78 is 4.99. The van der Waals surface area contributed by atoms with Gasteiger partial charge in [-0.25, -0.2) is 4.98 Å². The van der Waals surface area contributed by atoms with Gasteiger partial charge in [0.2, 0.25) is 5.91 Å². The van der Waals surface area contributed by atoms with Gasteiger partial charge < -0.3 is 15.4 Å². The molecule has 0 atom stereocenters. The summed E-state index contributed by atoms with van der Waals surface area (Å²) in [5.74, 6) is 0.423. The highest BCUT2D eigenvalue weighted by Crippen LogP contribution is 2.12. The van der Waals surface area contributed by atoms with Crippen molar-refractivity contribution in [3.8, 4) is 0 Å². The number of hydrogen-bond acceptors (Lipinski definition) is 4. The number of carbonyl (C=O) groups is 1. The highest BCUT2D eigenvalue weighted by Gasteiger charge is 2.05. The number of benzene rings is 1. The van der Waals surface area contributed by atoms with Gasteiger partial charge >= 0.3 is 0 Å². The van der Waals surface area contributed by atoms with Gasteiger partial charge in [0.05, 0.1) is 18.3 Å². The van der Waals surface area contributed by atoms with E-state index in [1.165, 1.54) is 0 Å². The summed E-state index contributed by atoms with van der Waals surface area (Å²) in [6.45, 7) is 1.54. The number of amides is 1. The van der Waals surface area contributed by atoms with Gasteiger partial charge in [0.15, 0.2) is 0 Å². The molecule has 1 amide bonds. The number of hydrogen-bond donors (Lipinski definition) is 2. The smallest absolute Gasteiger partial charge is 0.229 e. The van der Waals surface area contributed by atoms with E-state index in [1.54, 1.807) is 31.5 Å². The van der Waals surface area contributed by atoms with Crippen LogP contribution in [0.2, 0.25) is 5.02 Å². The molecule has 2 N–H and O–H groups in total. The Morgan fingerprint density at radius 3 is 2.65 bits per heavy atom. The Labute approximate surface area is 141 Å². The fraction of sp³-hybridized carbons (Fsp3) is 0.294. The van der Waals surface area contributed by atoms with Gasteiger partial charge in [0, 0.05) is 25.3 Å². The number of nitrogens with zero attached hydrogens (tertiary/aromatic N) is 1. The predicted molar refractivity (Wildman–Crippen MR) is 93.0 cm³/mol. The quantitative estimate of drug-likeness (QED) is 0.727. The molecule has 0 aliphatic carbocycles. The first kappa shape index (κ1) is 17.2. The molecule has 0 aliphatic rings. The van der Waals surface area contributed by atoms with Crippen molar-refractivity contribution >= 4 is 29.0 Å². The van der Waals surface area contributed by atoms with Crippen LogP contribution in [0.15, 0.2) is 42.6 Å². The number of anilines is 2. The van der Waals surface area contributed by atoms with Crippen molar-refractivity contribution in [2.45, 2.75) is 12.8 Å². The molecule has 122 valence electrons. The first-order valence-electron chi connectivity index (χ1n) is 7.40. The predicted octanol–water partition coefficient (Wildman–Crippen LogP) is 3.36. The SMILES string of the molecule is COCCCNc1ccc(NC(=O)Cc2ccc(Cl)cc2)nc1. The van der Waals surface area contributed by atoms with E-state index in [9.17, 15) is 4.79 Å². The van der Waals surface area contributed by atoms with Gasteiger partial charge in [-0.1, -0.05) is 23.7 Å². The molecule has 5 nitrogen and oxygen atoms in total. The third-order valence-corrected chi connectivity index (χ3v) is 3.42. The van der Waals surface area contributed by atoms with E-state index in [-0.39, 0.29) is 12.3 Å². The fourth-order valence-electron chi connectivity index (χ4n) is 2.00. The topological polar surface area (TPSA) is 63.2 Å². The number of nitrogens with one attached hydrogen (secondary N) is 2. The van der Waals surface area contributed by atoms with Crippen LogP contribution < -0.4 is 10.6 Å². The average Bonchev–Trinajstić information content (AvgIpc) is 2.55. The van der Waals surface area contributed by atoms with Crippen LogP contribution in [0, 0.1) is 0 Å². The minimum atomic E-state index is -0.111. The van der Waals surface area contributed by atoms with Crippen LogP contribution in [0.5, 0.6) is 0 Å². The van der Waals surface area contributed by atoms with Crippen LogP contribution in [0.4, 0.5) is 11.5 Å². The van der Waals surface area contributed by atoms with Gasteiger partial charge in [-0.15, -0.1) is 0 Å². The molecule has 1 aromatic heterocycles. The number of aromatic nitrogens is 1. The van der Waals surface area contributed by atoms with Crippen LogP contribution in [0.25, 0.3) is 0 Å². The van der Waals surface area contributed by atoms with E-state index in [1.807, 2.05) is 18.2 Å². The molecule has 0 saturated heterocycles. The number of pyridine rings is 1. The second kappa shape index (κ2) is 9.12. The van der Waals surface area contributed by atoms with Crippen LogP contribution in [-0.4, -0.2) is 31.2 Å². The lowest BCUT2D eigenvalue weighted by Gasteiger charge is -2.08. The number of methoxy groups -OCH3 is 1. The maximum Gasteiger partial charge on any atom is 0.229 e. The number of ether oxygens (including phenoxy) is 1. The van der Waals surface area contributed by atoms with Gasteiger partial charge in [-0.2, -0.15) is 0 Å². The molecule has 6 heteroatoms. The normalized spacial score (nSPS) is 10.3. The Hall–Kier alpha value is -2.11. The van der Waals surface area contributed by atoms with E-state index >= 15 is 0 Å². The van der Waals surface area contributed by atoms with Crippen molar-refractivity contribution in [1.82, 2.24) is 4.98 Å². The van der Waals surface area contributed by atoms with Gasteiger partial charge in [-0.05, 0) is 36.2 Å². The van der Waals surface area contributed by atoms with E-state index in [4.69, 9.17) is 16.3 Å². The molecule has 1 heterocycles. The standard InChI is InChI=1S/C17H20ClN3O2/c1-23-10-2-9-19-15-7-8-16(20-12-15)21-17(22)11-13-3-5-14(18)6-4-13/h3-8,12,19H,2,9-11H2,1H3,(H,20,21,22). The van der Waals surface area contributed by atoms with Crippen LogP contribution in [0.1, 0.15) is 12.0 Å². The summed E-state index contributed by atoms with van der Waals surface area (Å²) in [5.41, 5.74) is 1.82. The molecule has 2 aromatic rings. The molecule has 2 rings (SSSR count). The lowest BCUT2D eigenvalue weighted by atomic mass is 10.1. The summed E-state index contributed by atoms with van der Waals surface area (Å²) >= 11 is 5.82. The van der Waals surface area contributed by atoms with Crippen molar-refractivity contribution < 1.29 is 9.53 Å². The fourth-order valence-corrected chi connectivity index (χ4v) is 2.12. The van der Waals surface area contributed by atoms with Gasteiger partial charge in [0.1, 0.15) is 5.82 Å². The Bertz CT molecular complexity index is 615. The lowest BCUT2D eigenvalue weighted by Crippen LogP contribution is -2.15. The third kappa shape index (κ3) is 6.26. The second-order valence-electron chi connectivity index (χ2n) is 5.06. The van der Waals surface area contributed by atoms with Crippen molar-refractivity contribution in [3.63, 3.8) is 0 Å². The molecule has 0 spiro atoms. The van der Waals surface area contributed by atoms with Crippen molar-refractivity contribution in [2.24, 2.45) is 0 Å². The molecular formula is C17H20ClN3O2. The summed E-state index contributed by atoms with van der Waals surface area (Å²) in [5, 5.41) is 6.67. The molecule has 1 aromatic carbocycles. The van der Waals surface area contributed by atoms with E-state index in [2.05, 4.69) is 15.6 Å².